The lowest BCUT2D eigenvalue weighted by atomic mass is 10.1. The monoisotopic (exact) mass is 317 g/mol. The summed E-state index contributed by atoms with van der Waals surface area (Å²) in [6.07, 6.45) is 1.69. The predicted molar refractivity (Wildman–Crippen MR) is 80.4 cm³/mol. The fourth-order valence-corrected chi connectivity index (χ4v) is 2.44. The van der Waals surface area contributed by atoms with E-state index in [9.17, 15) is 18.7 Å². The van der Waals surface area contributed by atoms with E-state index in [4.69, 9.17) is 0 Å². The molecule has 0 fully saturated rings. The van der Waals surface area contributed by atoms with Crippen LogP contribution in [0.2, 0.25) is 0 Å². The van der Waals surface area contributed by atoms with Crippen molar-refractivity contribution in [3.8, 4) is 0 Å². The smallest absolute Gasteiger partial charge is 0.328 e. The van der Waals surface area contributed by atoms with E-state index >= 15 is 0 Å². The summed E-state index contributed by atoms with van der Waals surface area (Å²) < 4.78 is 27.0. The summed E-state index contributed by atoms with van der Waals surface area (Å²) in [6.45, 7) is 1.88. The highest BCUT2D eigenvalue weighted by Crippen LogP contribution is 2.29. The Morgan fingerprint density at radius 2 is 2.09 bits per heavy atom. The Hall–Kier alpha value is -2.83. The van der Waals surface area contributed by atoms with Crippen molar-refractivity contribution in [3.63, 3.8) is 0 Å². The lowest BCUT2D eigenvalue weighted by Gasteiger charge is -2.20. The minimum absolute atomic E-state index is 0.0820. The molecule has 5 nitrogen and oxygen atoms in total. The molecule has 0 saturated carbocycles. The molecule has 1 aromatic heterocycles. The molecule has 1 unspecified atom stereocenters. The maximum Gasteiger partial charge on any atom is 0.328 e. The molecular formula is C16H13F2N3O2. The van der Waals surface area contributed by atoms with E-state index in [2.05, 4.69) is 10.1 Å². The average molecular weight is 317 g/mol. The number of halogens is 2. The van der Waals surface area contributed by atoms with Gasteiger partial charge in [-0.2, -0.15) is 5.10 Å². The van der Waals surface area contributed by atoms with Crippen molar-refractivity contribution < 1.29 is 18.7 Å². The largest absolute Gasteiger partial charge is 0.480 e. The van der Waals surface area contributed by atoms with Gasteiger partial charge >= 0.3 is 5.97 Å². The Morgan fingerprint density at radius 1 is 1.30 bits per heavy atom. The molecule has 2 aromatic rings. The van der Waals surface area contributed by atoms with Crippen LogP contribution in [0.15, 0.2) is 41.6 Å². The molecule has 1 aliphatic heterocycles. The second kappa shape index (κ2) is 5.75. The van der Waals surface area contributed by atoms with Crippen LogP contribution in [0, 0.1) is 18.6 Å². The molecule has 23 heavy (non-hydrogen) atoms. The Morgan fingerprint density at radius 3 is 2.74 bits per heavy atom. The lowest BCUT2D eigenvalue weighted by Crippen LogP contribution is -2.34. The number of nitrogens with zero attached hydrogens (tertiary/aromatic N) is 3. The SMILES string of the molecule is Cc1ccnc(C2=NN(c3ccc(F)cc3F)C(C(=O)O)C2)c1. The first-order valence-corrected chi connectivity index (χ1v) is 6.93. The van der Waals surface area contributed by atoms with Crippen molar-refractivity contribution in [2.75, 3.05) is 5.01 Å². The van der Waals surface area contributed by atoms with Crippen molar-refractivity contribution in [2.45, 2.75) is 19.4 Å². The number of carbonyl (C=O) groups is 1. The van der Waals surface area contributed by atoms with E-state index in [1.54, 1.807) is 12.3 Å². The molecule has 0 bridgehead atoms. The zero-order valence-corrected chi connectivity index (χ0v) is 12.2. The highest BCUT2D eigenvalue weighted by molar-refractivity contribution is 6.05. The Labute approximate surface area is 130 Å². The number of benzene rings is 1. The fourth-order valence-electron chi connectivity index (χ4n) is 2.44. The average Bonchev–Trinajstić information content (AvgIpc) is 2.92. The van der Waals surface area contributed by atoms with Crippen LogP contribution in [-0.4, -0.2) is 27.8 Å². The van der Waals surface area contributed by atoms with Crippen LogP contribution in [0.1, 0.15) is 17.7 Å². The van der Waals surface area contributed by atoms with Gasteiger partial charge in [0.05, 0.1) is 17.1 Å². The number of aryl methyl sites for hydroxylation is 1. The molecule has 0 radical (unpaired) electrons. The molecule has 0 spiro atoms. The van der Waals surface area contributed by atoms with Gasteiger partial charge in [0.15, 0.2) is 11.9 Å². The number of aromatic nitrogens is 1. The van der Waals surface area contributed by atoms with Gasteiger partial charge in [-0.1, -0.05) is 0 Å². The summed E-state index contributed by atoms with van der Waals surface area (Å²) in [7, 11) is 0. The van der Waals surface area contributed by atoms with Gasteiger partial charge in [-0.3, -0.25) is 4.98 Å². The van der Waals surface area contributed by atoms with Crippen LogP contribution in [-0.2, 0) is 4.79 Å². The van der Waals surface area contributed by atoms with Crippen LogP contribution in [0.5, 0.6) is 0 Å². The van der Waals surface area contributed by atoms with Crippen molar-refractivity contribution in [1.29, 1.82) is 0 Å². The molecule has 1 atom stereocenters. The van der Waals surface area contributed by atoms with Gasteiger partial charge in [0.25, 0.3) is 0 Å². The van der Waals surface area contributed by atoms with Crippen LogP contribution in [0.3, 0.4) is 0 Å². The molecule has 1 N–H and O–H groups in total. The van der Waals surface area contributed by atoms with Crippen molar-refractivity contribution in [1.82, 2.24) is 4.98 Å². The van der Waals surface area contributed by atoms with Gasteiger partial charge < -0.3 is 5.11 Å². The van der Waals surface area contributed by atoms with Crippen molar-refractivity contribution in [3.05, 3.63) is 59.4 Å². The number of rotatable bonds is 3. The molecule has 0 aliphatic carbocycles. The third kappa shape index (κ3) is 2.90. The quantitative estimate of drug-likeness (QED) is 0.945. The molecule has 118 valence electrons. The van der Waals surface area contributed by atoms with Gasteiger partial charge in [-0.05, 0) is 36.8 Å². The van der Waals surface area contributed by atoms with Gasteiger partial charge in [0, 0.05) is 18.7 Å². The predicted octanol–water partition coefficient (Wildman–Crippen LogP) is 2.74. The minimum atomic E-state index is -1.14. The van der Waals surface area contributed by atoms with Crippen molar-refractivity contribution in [2.24, 2.45) is 5.10 Å². The highest BCUT2D eigenvalue weighted by atomic mass is 19.1. The molecular weight excluding hydrogens is 304 g/mol. The number of anilines is 1. The zero-order chi connectivity index (χ0) is 16.6. The first-order chi connectivity index (χ1) is 11.0. The topological polar surface area (TPSA) is 65.8 Å². The molecule has 0 amide bonds. The number of hydrogen-bond donors (Lipinski definition) is 1. The highest BCUT2D eigenvalue weighted by Gasteiger charge is 2.35. The summed E-state index contributed by atoms with van der Waals surface area (Å²) in [5.41, 5.74) is 1.86. The molecule has 2 heterocycles. The van der Waals surface area contributed by atoms with E-state index in [1.807, 2.05) is 13.0 Å². The van der Waals surface area contributed by atoms with Gasteiger partial charge in [-0.25, -0.2) is 18.6 Å². The second-order valence-corrected chi connectivity index (χ2v) is 5.26. The Kier molecular flexibility index (Phi) is 3.77. The molecule has 0 saturated heterocycles. The number of carboxylic acids is 1. The van der Waals surface area contributed by atoms with E-state index in [0.717, 1.165) is 16.6 Å². The first kappa shape index (κ1) is 15.1. The van der Waals surface area contributed by atoms with E-state index in [0.29, 0.717) is 17.5 Å². The van der Waals surface area contributed by atoms with E-state index in [-0.39, 0.29) is 12.1 Å². The van der Waals surface area contributed by atoms with Gasteiger partial charge in [-0.15, -0.1) is 0 Å². The van der Waals surface area contributed by atoms with E-state index < -0.39 is 23.6 Å². The summed E-state index contributed by atoms with van der Waals surface area (Å²) in [4.78, 5) is 15.7. The number of pyridine rings is 1. The van der Waals surface area contributed by atoms with Gasteiger partial charge in [0.1, 0.15) is 5.82 Å². The third-order valence-corrected chi connectivity index (χ3v) is 3.56. The van der Waals surface area contributed by atoms with Gasteiger partial charge in [0.2, 0.25) is 0 Å². The normalized spacial score (nSPS) is 17.3. The minimum Gasteiger partial charge on any atom is -0.480 e. The Bertz CT molecular complexity index is 808. The molecule has 7 heteroatoms. The van der Waals surface area contributed by atoms with Crippen molar-refractivity contribution >= 4 is 17.4 Å². The van der Waals surface area contributed by atoms with Crippen LogP contribution < -0.4 is 5.01 Å². The first-order valence-electron chi connectivity index (χ1n) is 6.93. The summed E-state index contributed by atoms with van der Waals surface area (Å²) in [5, 5.41) is 14.7. The van der Waals surface area contributed by atoms with Crippen LogP contribution in [0.25, 0.3) is 0 Å². The molecule has 3 rings (SSSR count). The zero-order valence-electron chi connectivity index (χ0n) is 12.2. The lowest BCUT2D eigenvalue weighted by molar-refractivity contribution is -0.138. The fraction of sp³-hybridized carbons (Fsp3) is 0.188. The second-order valence-electron chi connectivity index (χ2n) is 5.26. The number of hydrazone groups is 1. The number of hydrogen-bond acceptors (Lipinski definition) is 4. The maximum absolute atomic E-state index is 14.0. The standard InChI is InChI=1S/C16H13F2N3O2/c1-9-4-5-19-12(6-9)13-8-15(16(22)23)21(20-13)14-3-2-10(17)7-11(14)18/h2-7,15H,8H2,1H3,(H,22,23). The summed E-state index contributed by atoms with van der Waals surface area (Å²) in [5.74, 6) is -2.74. The third-order valence-electron chi connectivity index (χ3n) is 3.56. The summed E-state index contributed by atoms with van der Waals surface area (Å²) in [6, 6.07) is 5.47. The number of carboxylic acid groups (broad SMARTS) is 1. The van der Waals surface area contributed by atoms with Crippen LogP contribution >= 0.6 is 0 Å². The summed E-state index contributed by atoms with van der Waals surface area (Å²) >= 11 is 0. The van der Waals surface area contributed by atoms with E-state index in [1.165, 1.54) is 6.07 Å². The van der Waals surface area contributed by atoms with Crippen LogP contribution in [0.4, 0.5) is 14.5 Å². The Balaban J connectivity index is 2.03. The number of aliphatic carboxylic acids is 1. The maximum atomic E-state index is 14.0. The molecule has 1 aliphatic rings. The molecule has 1 aromatic carbocycles.